The highest BCUT2D eigenvalue weighted by Gasteiger charge is 2.21. The van der Waals surface area contributed by atoms with Crippen LogP contribution in [0.2, 0.25) is 0 Å². The van der Waals surface area contributed by atoms with Crippen molar-refractivity contribution in [3.63, 3.8) is 0 Å². The number of ether oxygens (including phenoxy) is 1. The van der Waals surface area contributed by atoms with Gasteiger partial charge in [-0.3, -0.25) is 9.78 Å². The maximum absolute atomic E-state index is 12.4. The summed E-state index contributed by atoms with van der Waals surface area (Å²) in [5, 5.41) is 3.31. The lowest BCUT2D eigenvalue weighted by Crippen LogP contribution is -2.34. The van der Waals surface area contributed by atoms with Crippen LogP contribution in [0.4, 0.5) is 0 Å². The Labute approximate surface area is 120 Å². The van der Waals surface area contributed by atoms with Gasteiger partial charge in [-0.05, 0) is 43.1 Å². The fraction of sp³-hybridized carbons (Fsp3) is 0.600. The van der Waals surface area contributed by atoms with Crippen LogP contribution in [-0.4, -0.2) is 49.1 Å². The van der Waals surface area contributed by atoms with E-state index in [1.807, 2.05) is 17.0 Å². The molecule has 0 aliphatic carbocycles. The number of hydrogen-bond donors (Lipinski definition) is 1. The molecule has 2 heterocycles. The highest BCUT2D eigenvalue weighted by Crippen LogP contribution is 2.15. The van der Waals surface area contributed by atoms with Crippen molar-refractivity contribution in [2.75, 3.05) is 33.4 Å². The Morgan fingerprint density at radius 2 is 2.30 bits per heavy atom. The summed E-state index contributed by atoms with van der Waals surface area (Å²) in [6.45, 7) is 3.82. The lowest BCUT2D eigenvalue weighted by Gasteiger charge is -2.24. The van der Waals surface area contributed by atoms with Crippen LogP contribution in [0.1, 0.15) is 18.4 Å². The van der Waals surface area contributed by atoms with Crippen LogP contribution >= 0.6 is 0 Å². The summed E-state index contributed by atoms with van der Waals surface area (Å²) in [6.07, 6.45) is 5.24. The molecule has 1 amide bonds. The normalized spacial score (nSPS) is 18.1. The van der Waals surface area contributed by atoms with Gasteiger partial charge in [-0.1, -0.05) is 0 Å². The van der Waals surface area contributed by atoms with Gasteiger partial charge in [0.25, 0.3) is 0 Å². The molecule has 20 heavy (non-hydrogen) atoms. The maximum Gasteiger partial charge on any atom is 0.223 e. The molecular formula is C15H23N3O2. The molecular weight excluding hydrogens is 254 g/mol. The Morgan fingerprint density at radius 1 is 1.50 bits per heavy atom. The Balaban J connectivity index is 1.92. The van der Waals surface area contributed by atoms with Gasteiger partial charge in [0.05, 0.1) is 6.61 Å². The van der Waals surface area contributed by atoms with E-state index in [0.29, 0.717) is 32.0 Å². The van der Waals surface area contributed by atoms with E-state index in [-0.39, 0.29) is 5.91 Å². The minimum atomic E-state index is 0.215. The van der Waals surface area contributed by atoms with E-state index in [4.69, 9.17) is 4.74 Å². The third-order valence-electron chi connectivity index (χ3n) is 3.67. The molecule has 0 aromatic carbocycles. The van der Waals surface area contributed by atoms with Crippen LogP contribution < -0.4 is 5.32 Å². The van der Waals surface area contributed by atoms with Crippen molar-refractivity contribution >= 4 is 5.91 Å². The van der Waals surface area contributed by atoms with Crippen molar-refractivity contribution in [3.05, 3.63) is 30.1 Å². The zero-order valence-electron chi connectivity index (χ0n) is 12.0. The van der Waals surface area contributed by atoms with Gasteiger partial charge in [0.1, 0.15) is 0 Å². The molecule has 0 bridgehead atoms. The number of nitrogens with zero attached hydrogens (tertiary/aromatic N) is 2. The number of nitrogens with one attached hydrogen (secondary N) is 1. The number of pyridine rings is 1. The number of aromatic nitrogens is 1. The molecule has 1 aromatic heterocycles. The van der Waals surface area contributed by atoms with Crippen molar-refractivity contribution in [3.8, 4) is 0 Å². The molecule has 110 valence electrons. The fourth-order valence-electron chi connectivity index (χ4n) is 2.47. The molecule has 1 unspecified atom stereocenters. The average Bonchev–Trinajstić information content (AvgIpc) is 2.97. The van der Waals surface area contributed by atoms with Gasteiger partial charge in [-0.15, -0.1) is 0 Å². The van der Waals surface area contributed by atoms with Gasteiger partial charge in [-0.25, -0.2) is 0 Å². The third kappa shape index (κ3) is 4.58. The molecule has 0 radical (unpaired) electrons. The van der Waals surface area contributed by atoms with Crippen LogP contribution in [-0.2, 0) is 16.1 Å². The van der Waals surface area contributed by atoms with E-state index in [9.17, 15) is 4.79 Å². The molecule has 1 atom stereocenters. The van der Waals surface area contributed by atoms with Crippen molar-refractivity contribution < 1.29 is 9.53 Å². The zero-order valence-corrected chi connectivity index (χ0v) is 12.0. The van der Waals surface area contributed by atoms with Crippen molar-refractivity contribution in [2.45, 2.75) is 19.4 Å². The van der Waals surface area contributed by atoms with Gasteiger partial charge in [0.2, 0.25) is 5.91 Å². The molecule has 1 saturated heterocycles. The SMILES string of the molecule is COCCN(Cc1ccncc1)C(=O)CC1CCNC1. The predicted octanol–water partition coefficient (Wildman–Crippen LogP) is 1.06. The smallest absolute Gasteiger partial charge is 0.223 e. The first-order valence-electron chi connectivity index (χ1n) is 7.16. The van der Waals surface area contributed by atoms with Crippen LogP contribution in [0.15, 0.2) is 24.5 Å². The molecule has 0 spiro atoms. The number of rotatable bonds is 7. The summed E-state index contributed by atoms with van der Waals surface area (Å²) in [7, 11) is 1.66. The van der Waals surface area contributed by atoms with Crippen LogP contribution in [0.5, 0.6) is 0 Å². The van der Waals surface area contributed by atoms with Crippen molar-refractivity contribution in [2.24, 2.45) is 5.92 Å². The number of hydrogen-bond acceptors (Lipinski definition) is 4. The summed E-state index contributed by atoms with van der Waals surface area (Å²) >= 11 is 0. The standard InChI is InChI=1S/C15H23N3O2/c1-20-9-8-18(12-13-2-5-16-6-3-13)15(19)10-14-4-7-17-11-14/h2-3,5-6,14,17H,4,7-12H2,1H3. The highest BCUT2D eigenvalue weighted by molar-refractivity contribution is 5.76. The molecule has 2 rings (SSSR count). The number of methoxy groups -OCH3 is 1. The van der Waals surface area contributed by atoms with Crippen LogP contribution in [0.3, 0.4) is 0 Å². The van der Waals surface area contributed by atoms with Crippen LogP contribution in [0.25, 0.3) is 0 Å². The lowest BCUT2D eigenvalue weighted by atomic mass is 10.0. The van der Waals surface area contributed by atoms with Crippen molar-refractivity contribution in [1.29, 1.82) is 0 Å². The Bertz CT molecular complexity index is 405. The monoisotopic (exact) mass is 277 g/mol. The third-order valence-corrected chi connectivity index (χ3v) is 3.67. The second-order valence-electron chi connectivity index (χ2n) is 5.23. The molecule has 1 aliphatic rings. The molecule has 5 nitrogen and oxygen atoms in total. The summed E-state index contributed by atoms with van der Waals surface area (Å²) < 4.78 is 5.11. The maximum atomic E-state index is 12.4. The molecule has 5 heteroatoms. The Morgan fingerprint density at radius 3 is 2.95 bits per heavy atom. The molecule has 1 N–H and O–H groups in total. The zero-order chi connectivity index (χ0) is 14.2. The number of amides is 1. The second kappa shape index (κ2) is 7.97. The Kier molecular flexibility index (Phi) is 5.95. The molecule has 1 aliphatic heterocycles. The summed E-state index contributed by atoms with van der Waals surface area (Å²) in [5.74, 6) is 0.692. The van der Waals surface area contributed by atoms with Gasteiger partial charge in [0, 0.05) is 39.0 Å². The van der Waals surface area contributed by atoms with Gasteiger partial charge in [0.15, 0.2) is 0 Å². The summed E-state index contributed by atoms with van der Waals surface area (Å²) in [5.41, 5.74) is 1.11. The van der Waals surface area contributed by atoms with Gasteiger partial charge < -0.3 is 15.0 Å². The van der Waals surface area contributed by atoms with E-state index >= 15 is 0 Å². The Hall–Kier alpha value is -1.46. The van der Waals surface area contributed by atoms with Crippen LogP contribution in [0, 0.1) is 5.92 Å². The molecule has 1 aromatic rings. The largest absolute Gasteiger partial charge is 0.383 e. The summed E-state index contributed by atoms with van der Waals surface area (Å²) in [4.78, 5) is 18.3. The predicted molar refractivity (Wildman–Crippen MR) is 77.1 cm³/mol. The minimum absolute atomic E-state index is 0.215. The van der Waals surface area contributed by atoms with E-state index in [0.717, 1.165) is 25.1 Å². The first-order valence-corrected chi connectivity index (χ1v) is 7.16. The molecule has 1 fully saturated rings. The quantitative estimate of drug-likeness (QED) is 0.809. The molecule has 0 saturated carbocycles. The lowest BCUT2D eigenvalue weighted by molar-refractivity contribution is -0.133. The van der Waals surface area contributed by atoms with Crippen molar-refractivity contribution in [1.82, 2.24) is 15.2 Å². The van der Waals surface area contributed by atoms with E-state index in [2.05, 4.69) is 10.3 Å². The average molecular weight is 277 g/mol. The van der Waals surface area contributed by atoms with E-state index < -0.39 is 0 Å². The minimum Gasteiger partial charge on any atom is -0.383 e. The van der Waals surface area contributed by atoms with E-state index in [1.54, 1.807) is 19.5 Å². The van der Waals surface area contributed by atoms with Gasteiger partial charge >= 0.3 is 0 Å². The summed E-state index contributed by atoms with van der Waals surface area (Å²) in [6, 6.07) is 3.90. The fourth-order valence-corrected chi connectivity index (χ4v) is 2.47. The second-order valence-corrected chi connectivity index (χ2v) is 5.23. The number of carbonyl (C=O) groups excluding carboxylic acids is 1. The van der Waals surface area contributed by atoms with Gasteiger partial charge in [-0.2, -0.15) is 0 Å². The highest BCUT2D eigenvalue weighted by atomic mass is 16.5. The topological polar surface area (TPSA) is 54.5 Å². The first-order chi connectivity index (χ1) is 9.79. The van der Waals surface area contributed by atoms with E-state index in [1.165, 1.54) is 0 Å². The number of carbonyl (C=O) groups is 1. The first kappa shape index (κ1) is 14.9.